The second-order valence-electron chi connectivity index (χ2n) is 3.09. The Kier molecular flexibility index (Phi) is 2.07. The van der Waals surface area contributed by atoms with Crippen molar-refractivity contribution in [3.63, 3.8) is 0 Å². The fourth-order valence-electron chi connectivity index (χ4n) is 1.29. The molecule has 70 valence electrons. The van der Waals surface area contributed by atoms with Crippen LogP contribution in [0.25, 0.3) is 0 Å². The number of hydrogen-bond donors (Lipinski definition) is 1. The lowest BCUT2D eigenvalue weighted by atomic mass is 10.1. The zero-order valence-electron chi connectivity index (χ0n) is 7.47. The van der Waals surface area contributed by atoms with E-state index in [1.807, 2.05) is 18.2 Å². The van der Waals surface area contributed by atoms with Crippen molar-refractivity contribution in [1.82, 2.24) is 0 Å². The Morgan fingerprint density at radius 3 is 2.71 bits per heavy atom. The van der Waals surface area contributed by atoms with Gasteiger partial charge in [0, 0.05) is 12.1 Å². The summed E-state index contributed by atoms with van der Waals surface area (Å²) in [6, 6.07) is 9.36. The summed E-state index contributed by atoms with van der Waals surface area (Å²) >= 11 is 0. The third kappa shape index (κ3) is 1.52. The van der Waals surface area contributed by atoms with Crippen LogP contribution in [0.1, 0.15) is 12.0 Å². The van der Waals surface area contributed by atoms with Gasteiger partial charge in [0.15, 0.2) is 0 Å². The van der Waals surface area contributed by atoms with E-state index in [0.717, 1.165) is 11.3 Å². The van der Waals surface area contributed by atoms with Crippen LogP contribution >= 0.6 is 0 Å². The first kappa shape index (κ1) is 8.57. The van der Waals surface area contributed by atoms with Gasteiger partial charge in [-0.15, -0.1) is 0 Å². The van der Waals surface area contributed by atoms with E-state index in [9.17, 15) is 0 Å². The topological polar surface area (TPSA) is 71.4 Å². The van der Waals surface area contributed by atoms with Crippen LogP contribution in [0.2, 0.25) is 0 Å². The van der Waals surface area contributed by atoms with E-state index >= 15 is 0 Å². The summed E-state index contributed by atoms with van der Waals surface area (Å²) in [5.41, 5.74) is 8.03. The van der Waals surface area contributed by atoms with Gasteiger partial charge in [0.25, 0.3) is 0 Å². The highest BCUT2D eigenvalue weighted by Gasteiger charge is 2.20. The molecule has 1 atom stereocenters. The van der Waals surface area contributed by atoms with Crippen molar-refractivity contribution in [3.05, 3.63) is 29.8 Å². The van der Waals surface area contributed by atoms with Gasteiger partial charge in [0.05, 0.1) is 5.71 Å². The van der Waals surface area contributed by atoms with Crippen molar-refractivity contribution in [2.45, 2.75) is 12.5 Å². The van der Waals surface area contributed by atoms with Crippen LogP contribution < -0.4 is 5.73 Å². The third-order valence-electron chi connectivity index (χ3n) is 2.06. The molecule has 0 bridgehead atoms. The fourth-order valence-corrected chi connectivity index (χ4v) is 1.29. The number of nitriles is 1. The number of nitrogens with zero attached hydrogens (tertiary/aromatic N) is 2. The van der Waals surface area contributed by atoms with Crippen LogP contribution in [0.15, 0.2) is 29.4 Å². The molecule has 2 N–H and O–H groups in total. The van der Waals surface area contributed by atoms with E-state index in [2.05, 4.69) is 5.16 Å². The summed E-state index contributed by atoms with van der Waals surface area (Å²) in [6.07, 6.45) is 0.100. The average molecular weight is 187 g/mol. The summed E-state index contributed by atoms with van der Waals surface area (Å²) in [5.74, 6) is 0. The minimum absolute atomic E-state index is 0.442. The minimum atomic E-state index is -0.442. The number of hydrogen-bond acceptors (Lipinski definition) is 4. The average Bonchev–Trinajstić information content (AvgIpc) is 2.67. The van der Waals surface area contributed by atoms with Gasteiger partial charge in [0.2, 0.25) is 6.10 Å². The lowest BCUT2D eigenvalue weighted by Gasteiger charge is -1.98. The maximum Gasteiger partial charge on any atom is 0.218 e. The van der Waals surface area contributed by atoms with Crippen LogP contribution in [-0.2, 0) is 4.84 Å². The van der Waals surface area contributed by atoms with Gasteiger partial charge in [-0.1, -0.05) is 17.3 Å². The highest BCUT2D eigenvalue weighted by molar-refractivity contribution is 6.01. The van der Waals surface area contributed by atoms with E-state index in [1.165, 1.54) is 0 Å². The van der Waals surface area contributed by atoms with Gasteiger partial charge in [0.1, 0.15) is 6.07 Å². The molecule has 1 aromatic carbocycles. The lowest BCUT2D eigenvalue weighted by molar-refractivity contribution is 0.125. The molecule has 1 aromatic rings. The second kappa shape index (κ2) is 3.38. The molecule has 0 unspecified atom stereocenters. The van der Waals surface area contributed by atoms with Gasteiger partial charge in [-0.25, -0.2) is 0 Å². The second-order valence-corrected chi connectivity index (χ2v) is 3.09. The lowest BCUT2D eigenvalue weighted by Crippen LogP contribution is -2.05. The van der Waals surface area contributed by atoms with Gasteiger partial charge < -0.3 is 10.6 Å². The number of anilines is 1. The molecule has 1 aliphatic rings. The summed E-state index contributed by atoms with van der Waals surface area (Å²) in [5, 5.41) is 12.4. The van der Waals surface area contributed by atoms with Gasteiger partial charge >= 0.3 is 0 Å². The molecule has 14 heavy (non-hydrogen) atoms. The number of nitrogens with two attached hydrogens (primary N) is 1. The third-order valence-corrected chi connectivity index (χ3v) is 2.06. The predicted octanol–water partition coefficient (Wildman–Crippen LogP) is 1.29. The molecular formula is C10H9N3O. The van der Waals surface area contributed by atoms with Crippen molar-refractivity contribution < 1.29 is 4.84 Å². The Bertz CT molecular complexity index is 402. The normalized spacial score (nSPS) is 19.6. The quantitative estimate of drug-likeness (QED) is 0.673. The van der Waals surface area contributed by atoms with Gasteiger partial charge in [-0.3, -0.25) is 0 Å². The monoisotopic (exact) mass is 187 g/mol. The molecule has 4 heteroatoms. The Hall–Kier alpha value is -2.02. The largest absolute Gasteiger partial charge is 0.399 e. The molecule has 4 nitrogen and oxygen atoms in total. The molecule has 0 saturated carbocycles. The van der Waals surface area contributed by atoms with E-state index < -0.39 is 6.10 Å². The van der Waals surface area contributed by atoms with Crippen LogP contribution in [0.4, 0.5) is 5.69 Å². The van der Waals surface area contributed by atoms with E-state index in [1.54, 1.807) is 12.1 Å². The van der Waals surface area contributed by atoms with Gasteiger partial charge in [-0.05, 0) is 17.7 Å². The zero-order valence-corrected chi connectivity index (χ0v) is 7.47. The summed E-state index contributed by atoms with van der Waals surface area (Å²) < 4.78 is 0. The summed E-state index contributed by atoms with van der Waals surface area (Å²) in [4.78, 5) is 4.89. The molecule has 0 fully saturated rings. The molecule has 0 spiro atoms. The molecule has 0 amide bonds. The van der Waals surface area contributed by atoms with Crippen LogP contribution in [-0.4, -0.2) is 11.8 Å². The molecule has 0 saturated heterocycles. The maximum absolute atomic E-state index is 8.61. The number of oxime groups is 1. The molecular weight excluding hydrogens is 178 g/mol. The first-order valence-corrected chi connectivity index (χ1v) is 4.28. The minimum Gasteiger partial charge on any atom is -0.399 e. The molecule has 0 aliphatic carbocycles. The predicted molar refractivity (Wildman–Crippen MR) is 52.5 cm³/mol. The zero-order chi connectivity index (χ0) is 9.97. The van der Waals surface area contributed by atoms with Crippen molar-refractivity contribution in [3.8, 4) is 6.07 Å². The Labute approximate surface area is 81.6 Å². The van der Waals surface area contributed by atoms with Crippen LogP contribution in [0.3, 0.4) is 0 Å². The van der Waals surface area contributed by atoms with Crippen molar-refractivity contribution in [1.29, 1.82) is 5.26 Å². The smallest absolute Gasteiger partial charge is 0.218 e. The first-order chi connectivity index (χ1) is 6.79. The molecule has 1 heterocycles. The molecule has 2 rings (SSSR count). The summed E-state index contributed by atoms with van der Waals surface area (Å²) in [7, 11) is 0. The Morgan fingerprint density at radius 1 is 1.43 bits per heavy atom. The summed E-state index contributed by atoms with van der Waals surface area (Å²) in [6.45, 7) is 0. The first-order valence-electron chi connectivity index (χ1n) is 4.28. The standard InChI is InChI=1S/C10H9N3O/c11-6-9-5-10(13-14-9)7-1-3-8(12)4-2-7/h1-4,9H,5,12H2/t9-/m0/s1. The maximum atomic E-state index is 8.61. The van der Waals surface area contributed by atoms with Crippen LogP contribution in [0, 0.1) is 11.3 Å². The van der Waals surface area contributed by atoms with Crippen molar-refractivity contribution in [2.75, 3.05) is 5.73 Å². The van der Waals surface area contributed by atoms with Gasteiger partial charge in [-0.2, -0.15) is 5.26 Å². The van der Waals surface area contributed by atoms with E-state index in [0.29, 0.717) is 12.1 Å². The SMILES string of the molecule is N#C[C@@H]1CC(c2ccc(N)cc2)=NO1. The van der Waals surface area contributed by atoms with Crippen LogP contribution in [0.5, 0.6) is 0 Å². The fraction of sp³-hybridized carbons (Fsp3) is 0.200. The number of rotatable bonds is 1. The Balaban J connectivity index is 2.18. The molecule has 0 aromatic heterocycles. The van der Waals surface area contributed by atoms with E-state index in [-0.39, 0.29) is 0 Å². The number of benzene rings is 1. The van der Waals surface area contributed by atoms with Crippen molar-refractivity contribution >= 4 is 11.4 Å². The molecule has 0 radical (unpaired) electrons. The van der Waals surface area contributed by atoms with Crippen molar-refractivity contribution in [2.24, 2.45) is 5.16 Å². The Morgan fingerprint density at radius 2 is 2.14 bits per heavy atom. The highest BCUT2D eigenvalue weighted by Crippen LogP contribution is 2.16. The highest BCUT2D eigenvalue weighted by atomic mass is 16.6. The number of nitrogen functional groups attached to an aromatic ring is 1. The van der Waals surface area contributed by atoms with E-state index in [4.69, 9.17) is 15.8 Å². The molecule has 1 aliphatic heterocycles.